The predicted molar refractivity (Wildman–Crippen MR) is 98.6 cm³/mol. The fraction of sp³-hybridized carbons (Fsp3) is 0.238. The molecule has 5 heteroatoms. The molecule has 0 saturated heterocycles. The first-order valence-corrected chi connectivity index (χ1v) is 8.76. The third kappa shape index (κ3) is 2.86. The average Bonchev–Trinajstić information content (AvgIpc) is 2.91. The van der Waals surface area contributed by atoms with E-state index in [0.29, 0.717) is 24.4 Å². The molecular formula is C21H20N2O3. The number of hydrogen-bond acceptors (Lipinski definition) is 3. The highest BCUT2D eigenvalue weighted by Crippen LogP contribution is 2.32. The Morgan fingerprint density at radius 3 is 2.69 bits per heavy atom. The van der Waals surface area contributed by atoms with Gasteiger partial charge in [0.05, 0.1) is 12.6 Å². The van der Waals surface area contributed by atoms with Gasteiger partial charge in [0.1, 0.15) is 5.75 Å². The molecule has 1 unspecified atom stereocenters. The van der Waals surface area contributed by atoms with Crippen LogP contribution in [0.25, 0.3) is 5.70 Å². The second-order valence-electron chi connectivity index (χ2n) is 6.49. The van der Waals surface area contributed by atoms with Crippen LogP contribution < -0.4 is 10.1 Å². The van der Waals surface area contributed by atoms with Gasteiger partial charge < -0.3 is 15.0 Å². The van der Waals surface area contributed by atoms with E-state index in [1.54, 1.807) is 11.0 Å². The minimum atomic E-state index is -0.0881. The van der Waals surface area contributed by atoms with E-state index >= 15 is 0 Å². The summed E-state index contributed by atoms with van der Waals surface area (Å²) in [6, 6.07) is 15.1. The van der Waals surface area contributed by atoms with Crippen LogP contribution in [0.1, 0.15) is 40.4 Å². The summed E-state index contributed by atoms with van der Waals surface area (Å²) in [6.07, 6.45) is 0.974. The van der Waals surface area contributed by atoms with Gasteiger partial charge in [0, 0.05) is 41.8 Å². The normalized spacial score (nSPS) is 18.2. The summed E-state index contributed by atoms with van der Waals surface area (Å²) < 4.78 is 5.62. The maximum absolute atomic E-state index is 12.5. The van der Waals surface area contributed by atoms with E-state index in [9.17, 15) is 9.59 Å². The van der Waals surface area contributed by atoms with E-state index in [0.717, 1.165) is 23.3 Å². The van der Waals surface area contributed by atoms with Crippen molar-refractivity contribution in [2.45, 2.75) is 18.9 Å². The molecule has 2 aliphatic heterocycles. The summed E-state index contributed by atoms with van der Waals surface area (Å²) >= 11 is 0. The lowest BCUT2D eigenvalue weighted by Crippen LogP contribution is -2.34. The first-order valence-electron chi connectivity index (χ1n) is 8.76. The van der Waals surface area contributed by atoms with Crippen LogP contribution in [0.3, 0.4) is 0 Å². The molecule has 1 atom stereocenters. The molecule has 26 heavy (non-hydrogen) atoms. The molecule has 4 rings (SSSR count). The highest BCUT2D eigenvalue weighted by molar-refractivity contribution is 6.08. The largest absolute Gasteiger partial charge is 0.493 e. The summed E-state index contributed by atoms with van der Waals surface area (Å²) in [5.41, 5.74) is 3.16. The zero-order valence-electron chi connectivity index (χ0n) is 14.4. The molecule has 0 spiro atoms. The Balaban J connectivity index is 1.39. The lowest BCUT2D eigenvalue weighted by Gasteiger charge is -2.27. The molecule has 2 heterocycles. The molecule has 0 aromatic heterocycles. The van der Waals surface area contributed by atoms with E-state index in [2.05, 4.69) is 11.9 Å². The molecule has 0 saturated carbocycles. The standard InChI is InChI=1S/C21H20N2O3/c1-14-15-6-2-3-7-16(15)21(25)23(14)12-10-20(24)22-18-11-13-26-19-9-5-4-8-17(18)19/h2-9,18H,1,10-13H2,(H,22,24). The quantitative estimate of drug-likeness (QED) is 0.923. The SMILES string of the molecule is C=C1c2ccccc2C(=O)N1CCC(=O)NC1CCOc2ccccc21. The van der Waals surface area contributed by atoms with Crippen LogP contribution in [0.4, 0.5) is 0 Å². The highest BCUT2D eigenvalue weighted by atomic mass is 16.5. The Morgan fingerprint density at radius 2 is 1.88 bits per heavy atom. The third-order valence-corrected chi connectivity index (χ3v) is 4.90. The molecule has 132 valence electrons. The Labute approximate surface area is 152 Å². The monoisotopic (exact) mass is 348 g/mol. The van der Waals surface area contributed by atoms with Crippen LogP contribution in [0.2, 0.25) is 0 Å². The Kier molecular flexibility index (Phi) is 4.21. The van der Waals surface area contributed by atoms with Gasteiger partial charge in [0.2, 0.25) is 5.91 Å². The average molecular weight is 348 g/mol. The van der Waals surface area contributed by atoms with E-state index in [1.165, 1.54) is 0 Å². The van der Waals surface area contributed by atoms with Crippen LogP contribution >= 0.6 is 0 Å². The third-order valence-electron chi connectivity index (χ3n) is 4.90. The molecule has 0 radical (unpaired) electrons. The van der Waals surface area contributed by atoms with Crippen molar-refractivity contribution in [3.05, 3.63) is 71.8 Å². The number of hydrogen-bond donors (Lipinski definition) is 1. The summed E-state index contributed by atoms with van der Waals surface area (Å²) in [7, 11) is 0. The van der Waals surface area contributed by atoms with Gasteiger partial charge in [0.15, 0.2) is 0 Å². The number of para-hydroxylation sites is 1. The van der Waals surface area contributed by atoms with Gasteiger partial charge in [-0.2, -0.15) is 0 Å². The van der Waals surface area contributed by atoms with Crippen LogP contribution in [0, 0.1) is 0 Å². The van der Waals surface area contributed by atoms with Crippen molar-refractivity contribution in [2.24, 2.45) is 0 Å². The second kappa shape index (κ2) is 6.67. The minimum Gasteiger partial charge on any atom is -0.493 e. The lowest BCUT2D eigenvalue weighted by atomic mass is 10.0. The molecule has 2 aromatic carbocycles. The molecule has 2 aliphatic rings. The summed E-state index contributed by atoms with van der Waals surface area (Å²) in [6.45, 7) is 4.91. The maximum Gasteiger partial charge on any atom is 0.258 e. The minimum absolute atomic E-state index is 0.0536. The van der Waals surface area contributed by atoms with Gasteiger partial charge in [-0.15, -0.1) is 0 Å². The Hall–Kier alpha value is -3.08. The van der Waals surface area contributed by atoms with E-state index in [1.807, 2.05) is 42.5 Å². The van der Waals surface area contributed by atoms with Crippen LogP contribution in [-0.2, 0) is 4.79 Å². The molecule has 1 N–H and O–H groups in total. The van der Waals surface area contributed by atoms with Crippen molar-refractivity contribution in [3.8, 4) is 5.75 Å². The number of benzene rings is 2. The zero-order valence-corrected chi connectivity index (χ0v) is 14.4. The Morgan fingerprint density at radius 1 is 1.15 bits per heavy atom. The van der Waals surface area contributed by atoms with Crippen LogP contribution in [0.15, 0.2) is 55.1 Å². The fourth-order valence-electron chi connectivity index (χ4n) is 3.54. The van der Waals surface area contributed by atoms with Crippen molar-refractivity contribution in [1.29, 1.82) is 0 Å². The zero-order chi connectivity index (χ0) is 18.1. The number of nitrogens with zero attached hydrogens (tertiary/aromatic N) is 1. The summed E-state index contributed by atoms with van der Waals surface area (Å²) in [4.78, 5) is 26.5. The molecule has 0 aliphatic carbocycles. The number of carbonyl (C=O) groups is 2. The second-order valence-corrected chi connectivity index (χ2v) is 6.49. The molecule has 2 aromatic rings. The predicted octanol–water partition coefficient (Wildman–Crippen LogP) is 3.14. The van der Waals surface area contributed by atoms with Crippen molar-refractivity contribution in [1.82, 2.24) is 10.2 Å². The fourth-order valence-corrected chi connectivity index (χ4v) is 3.54. The van der Waals surface area contributed by atoms with Gasteiger partial charge in [-0.1, -0.05) is 43.0 Å². The molecule has 0 fully saturated rings. The first-order chi connectivity index (χ1) is 12.6. The number of carbonyl (C=O) groups excluding carboxylic acids is 2. The van der Waals surface area contributed by atoms with E-state index < -0.39 is 0 Å². The van der Waals surface area contributed by atoms with Gasteiger partial charge in [-0.3, -0.25) is 9.59 Å². The van der Waals surface area contributed by atoms with Crippen molar-refractivity contribution < 1.29 is 14.3 Å². The molecule has 2 amide bonds. The van der Waals surface area contributed by atoms with Crippen molar-refractivity contribution in [2.75, 3.05) is 13.2 Å². The van der Waals surface area contributed by atoms with E-state index in [4.69, 9.17) is 4.74 Å². The maximum atomic E-state index is 12.5. The highest BCUT2D eigenvalue weighted by Gasteiger charge is 2.31. The van der Waals surface area contributed by atoms with Gasteiger partial charge >= 0.3 is 0 Å². The van der Waals surface area contributed by atoms with E-state index in [-0.39, 0.29) is 24.3 Å². The van der Waals surface area contributed by atoms with Crippen LogP contribution in [-0.4, -0.2) is 29.9 Å². The number of fused-ring (bicyclic) bond motifs is 2. The lowest BCUT2D eigenvalue weighted by molar-refractivity contribution is -0.122. The number of amides is 2. The number of rotatable bonds is 4. The summed E-state index contributed by atoms with van der Waals surface area (Å²) in [5.74, 6) is 0.653. The molecule has 0 bridgehead atoms. The first kappa shape index (κ1) is 16.4. The van der Waals surface area contributed by atoms with Crippen molar-refractivity contribution in [3.63, 3.8) is 0 Å². The molecule has 5 nitrogen and oxygen atoms in total. The van der Waals surface area contributed by atoms with Gasteiger partial charge in [-0.05, 0) is 12.1 Å². The topological polar surface area (TPSA) is 58.6 Å². The van der Waals surface area contributed by atoms with Crippen LogP contribution in [0.5, 0.6) is 5.75 Å². The number of ether oxygens (including phenoxy) is 1. The number of nitrogens with one attached hydrogen (secondary N) is 1. The van der Waals surface area contributed by atoms with Gasteiger partial charge in [-0.25, -0.2) is 0 Å². The van der Waals surface area contributed by atoms with Crippen molar-refractivity contribution >= 4 is 17.5 Å². The Bertz CT molecular complexity index is 855. The smallest absolute Gasteiger partial charge is 0.258 e. The van der Waals surface area contributed by atoms with Gasteiger partial charge in [0.25, 0.3) is 5.91 Å². The molecular weight excluding hydrogens is 328 g/mol. The summed E-state index contributed by atoms with van der Waals surface area (Å²) in [5, 5.41) is 3.06.